The lowest BCUT2D eigenvalue weighted by atomic mass is 10.0. The van der Waals surface area contributed by atoms with Crippen LogP contribution in [0.2, 0.25) is 0 Å². The molecular formula is C49H97NO5S. The van der Waals surface area contributed by atoms with Crippen molar-refractivity contribution in [3.63, 3.8) is 0 Å². The molecule has 0 spiro atoms. The lowest BCUT2D eigenvalue weighted by Crippen LogP contribution is -2.46. The smallest absolute Gasteiger partial charge is 0.267 e. The summed E-state index contributed by atoms with van der Waals surface area (Å²) in [6.45, 7) is 4.56. The Labute approximate surface area is 350 Å². The molecule has 0 heterocycles. The number of carbonyl (C=O) groups is 1. The summed E-state index contributed by atoms with van der Waals surface area (Å²) >= 11 is 0. The number of hydrogen-bond acceptors (Lipinski definition) is 4. The Morgan fingerprint density at radius 1 is 0.464 bits per heavy atom. The van der Waals surface area contributed by atoms with Gasteiger partial charge in [0.05, 0.1) is 17.9 Å². The van der Waals surface area contributed by atoms with E-state index < -0.39 is 28.0 Å². The van der Waals surface area contributed by atoms with Gasteiger partial charge >= 0.3 is 0 Å². The highest BCUT2D eigenvalue weighted by Gasteiger charge is 2.24. The fourth-order valence-electron chi connectivity index (χ4n) is 7.98. The third kappa shape index (κ3) is 44.2. The van der Waals surface area contributed by atoms with E-state index in [9.17, 15) is 22.9 Å². The SMILES string of the molecule is CCCCCCCCCCCCCCCCCCC/C=C/C(O)C(CS(=O)(=O)O)NC(=O)CCCCCCCCCCCCCCCCCCCCCCCC. The van der Waals surface area contributed by atoms with Gasteiger partial charge in [-0.15, -0.1) is 0 Å². The Hall–Kier alpha value is -0.920. The van der Waals surface area contributed by atoms with Gasteiger partial charge < -0.3 is 10.4 Å². The van der Waals surface area contributed by atoms with E-state index in [-0.39, 0.29) is 5.91 Å². The molecule has 0 aromatic rings. The van der Waals surface area contributed by atoms with Gasteiger partial charge in [0.15, 0.2) is 0 Å². The van der Waals surface area contributed by atoms with Crippen molar-refractivity contribution < 1.29 is 22.9 Å². The van der Waals surface area contributed by atoms with Crippen LogP contribution in [-0.2, 0) is 14.9 Å². The maximum absolute atomic E-state index is 12.6. The van der Waals surface area contributed by atoms with Crippen LogP contribution in [-0.4, -0.2) is 41.9 Å². The van der Waals surface area contributed by atoms with Gasteiger partial charge in [-0.05, 0) is 19.3 Å². The minimum absolute atomic E-state index is 0.271. The molecule has 0 saturated carbocycles. The molecule has 0 aliphatic rings. The van der Waals surface area contributed by atoms with Crippen molar-refractivity contribution in [2.45, 2.75) is 289 Å². The van der Waals surface area contributed by atoms with Crippen LogP contribution in [0, 0.1) is 0 Å². The van der Waals surface area contributed by atoms with Gasteiger partial charge in [0.2, 0.25) is 5.91 Å². The molecule has 0 rings (SSSR count). The molecule has 0 aromatic heterocycles. The number of aliphatic hydroxyl groups excluding tert-OH is 1. The van der Waals surface area contributed by atoms with E-state index in [1.54, 1.807) is 6.08 Å². The molecule has 2 atom stereocenters. The molecule has 0 radical (unpaired) electrons. The molecular weight excluding hydrogens is 715 g/mol. The maximum atomic E-state index is 12.6. The zero-order valence-electron chi connectivity index (χ0n) is 37.5. The molecule has 6 nitrogen and oxygen atoms in total. The minimum Gasteiger partial charge on any atom is -0.387 e. The summed E-state index contributed by atoms with van der Waals surface area (Å²) in [4.78, 5) is 12.6. The average Bonchev–Trinajstić information content (AvgIpc) is 3.16. The summed E-state index contributed by atoms with van der Waals surface area (Å²) in [5.41, 5.74) is 0. The highest BCUT2D eigenvalue weighted by atomic mass is 32.2. The predicted molar refractivity (Wildman–Crippen MR) is 244 cm³/mol. The molecule has 0 aliphatic carbocycles. The van der Waals surface area contributed by atoms with Crippen molar-refractivity contribution in [3.05, 3.63) is 12.2 Å². The number of nitrogens with one attached hydrogen (secondary N) is 1. The third-order valence-corrected chi connectivity index (χ3v) is 12.5. The van der Waals surface area contributed by atoms with Gasteiger partial charge in [0, 0.05) is 6.42 Å². The number of hydrogen-bond donors (Lipinski definition) is 3. The second-order valence-electron chi connectivity index (χ2n) is 17.5. The van der Waals surface area contributed by atoms with E-state index in [2.05, 4.69) is 19.2 Å². The summed E-state index contributed by atoms with van der Waals surface area (Å²) in [6, 6.07) is -1.05. The number of amides is 1. The Bertz CT molecular complexity index is 939. The molecule has 3 N–H and O–H groups in total. The summed E-state index contributed by atoms with van der Waals surface area (Å²) in [6.07, 6.45) is 55.0. The first-order valence-corrected chi connectivity index (χ1v) is 26.5. The maximum Gasteiger partial charge on any atom is 0.267 e. The first-order chi connectivity index (χ1) is 27.3. The van der Waals surface area contributed by atoms with Crippen LogP contribution in [0.25, 0.3) is 0 Å². The quantitative estimate of drug-likeness (QED) is 0.0323. The third-order valence-electron chi connectivity index (χ3n) is 11.7. The van der Waals surface area contributed by atoms with Crippen molar-refractivity contribution in [3.8, 4) is 0 Å². The zero-order chi connectivity index (χ0) is 41.1. The molecule has 2 unspecified atom stereocenters. The van der Waals surface area contributed by atoms with Gasteiger partial charge in [0.1, 0.15) is 0 Å². The highest BCUT2D eigenvalue weighted by Crippen LogP contribution is 2.17. The second-order valence-corrected chi connectivity index (χ2v) is 19.0. The molecule has 0 aromatic carbocycles. The summed E-state index contributed by atoms with van der Waals surface area (Å²) in [7, 11) is -4.34. The first-order valence-electron chi connectivity index (χ1n) is 24.9. The molecule has 0 aliphatic heterocycles. The van der Waals surface area contributed by atoms with Crippen LogP contribution in [0.4, 0.5) is 0 Å². The Kier molecular flexibility index (Phi) is 42.9. The largest absolute Gasteiger partial charge is 0.387 e. The summed E-state index contributed by atoms with van der Waals surface area (Å²) in [5, 5.41) is 13.3. The van der Waals surface area contributed by atoms with Crippen molar-refractivity contribution in [2.24, 2.45) is 0 Å². The molecule has 0 fully saturated rings. The summed E-state index contributed by atoms with van der Waals surface area (Å²) < 4.78 is 32.6. The highest BCUT2D eigenvalue weighted by molar-refractivity contribution is 7.85. The van der Waals surface area contributed by atoms with Gasteiger partial charge in [-0.2, -0.15) is 8.42 Å². The second kappa shape index (κ2) is 43.7. The number of carbonyl (C=O) groups excluding carboxylic acids is 1. The van der Waals surface area contributed by atoms with Crippen LogP contribution >= 0.6 is 0 Å². The van der Waals surface area contributed by atoms with E-state index in [0.29, 0.717) is 6.42 Å². The summed E-state index contributed by atoms with van der Waals surface area (Å²) in [5.74, 6) is -0.963. The Balaban J connectivity index is 3.77. The van der Waals surface area contributed by atoms with Crippen LogP contribution in [0.1, 0.15) is 277 Å². The fraction of sp³-hybridized carbons (Fsp3) is 0.939. The number of allylic oxidation sites excluding steroid dienone is 1. The molecule has 7 heteroatoms. The van der Waals surface area contributed by atoms with Crippen molar-refractivity contribution in [1.82, 2.24) is 5.32 Å². The lowest BCUT2D eigenvalue weighted by molar-refractivity contribution is -0.122. The van der Waals surface area contributed by atoms with Crippen LogP contribution < -0.4 is 5.32 Å². The van der Waals surface area contributed by atoms with Crippen molar-refractivity contribution in [2.75, 3.05) is 5.75 Å². The van der Waals surface area contributed by atoms with E-state index in [4.69, 9.17) is 0 Å². The zero-order valence-corrected chi connectivity index (χ0v) is 38.4. The molecule has 1 amide bonds. The van der Waals surface area contributed by atoms with E-state index in [1.165, 1.54) is 218 Å². The molecule has 334 valence electrons. The number of rotatable bonds is 46. The monoisotopic (exact) mass is 812 g/mol. The van der Waals surface area contributed by atoms with E-state index in [1.807, 2.05) is 6.08 Å². The first kappa shape index (κ1) is 55.1. The number of aliphatic hydroxyl groups is 1. The van der Waals surface area contributed by atoms with Crippen LogP contribution in [0.3, 0.4) is 0 Å². The fourth-order valence-corrected chi connectivity index (χ4v) is 8.72. The van der Waals surface area contributed by atoms with E-state index in [0.717, 1.165) is 38.5 Å². The molecule has 0 saturated heterocycles. The van der Waals surface area contributed by atoms with Gasteiger partial charge in [-0.1, -0.05) is 264 Å². The average molecular weight is 812 g/mol. The van der Waals surface area contributed by atoms with Gasteiger partial charge in [-0.25, -0.2) is 0 Å². The topological polar surface area (TPSA) is 104 Å². The number of unbranched alkanes of at least 4 members (excludes halogenated alkanes) is 38. The van der Waals surface area contributed by atoms with Crippen LogP contribution in [0.5, 0.6) is 0 Å². The lowest BCUT2D eigenvalue weighted by Gasteiger charge is -2.21. The molecule has 0 bridgehead atoms. The molecule has 56 heavy (non-hydrogen) atoms. The Morgan fingerprint density at radius 2 is 0.732 bits per heavy atom. The minimum atomic E-state index is -4.34. The predicted octanol–water partition coefficient (Wildman–Crippen LogP) is 15.3. The Morgan fingerprint density at radius 3 is 1.02 bits per heavy atom. The van der Waals surface area contributed by atoms with Crippen molar-refractivity contribution >= 4 is 16.0 Å². The van der Waals surface area contributed by atoms with Gasteiger partial charge in [0.25, 0.3) is 10.1 Å². The normalized spacial score (nSPS) is 13.1. The standard InChI is InChI=1S/C49H97NO5S/c1-3-5-7-9-11-13-15-17-19-21-23-24-25-27-29-31-33-35-37-39-41-43-45-49(52)50-47(46-56(53,54)55)48(51)44-42-40-38-36-34-32-30-28-26-22-20-18-16-14-12-10-8-6-4-2/h42,44,47-48,51H,3-41,43,45-46H2,1-2H3,(H,50,52)(H,53,54,55)/b44-42+. The van der Waals surface area contributed by atoms with Crippen molar-refractivity contribution in [1.29, 1.82) is 0 Å². The van der Waals surface area contributed by atoms with Gasteiger partial charge in [-0.3, -0.25) is 9.35 Å². The van der Waals surface area contributed by atoms with Crippen LogP contribution in [0.15, 0.2) is 12.2 Å². The van der Waals surface area contributed by atoms with E-state index >= 15 is 0 Å².